The fourth-order valence-corrected chi connectivity index (χ4v) is 3.02. The predicted octanol–water partition coefficient (Wildman–Crippen LogP) is 3.09. The molecule has 3 rings (SSSR count). The third kappa shape index (κ3) is 3.22. The van der Waals surface area contributed by atoms with Crippen LogP contribution < -0.4 is 15.0 Å². The Morgan fingerprint density at radius 3 is 2.80 bits per heavy atom. The lowest BCUT2D eigenvalue weighted by Crippen LogP contribution is -2.32. The average molecular weight is 339 g/mol. The van der Waals surface area contributed by atoms with E-state index in [9.17, 15) is 9.59 Å². The van der Waals surface area contributed by atoms with E-state index in [1.165, 1.54) is 0 Å². The van der Waals surface area contributed by atoms with Crippen molar-refractivity contribution in [3.8, 4) is 11.5 Å². The van der Waals surface area contributed by atoms with Crippen molar-refractivity contribution in [2.24, 2.45) is 7.05 Å². The number of hydrogen-bond donors (Lipinski definition) is 0. The molecule has 0 unspecified atom stereocenters. The SMILES string of the molecule is C=C(C)COc1ccccc1[C@@H]1CC(=O)Oc2cc(C)n(C)c(=O)c21. The summed E-state index contributed by atoms with van der Waals surface area (Å²) in [5.41, 5.74) is 2.79. The molecule has 1 aromatic carbocycles. The Morgan fingerprint density at radius 1 is 1.36 bits per heavy atom. The lowest BCUT2D eigenvalue weighted by molar-refractivity contribution is -0.135. The number of pyridine rings is 1. The molecule has 1 aromatic heterocycles. The van der Waals surface area contributed by atoms with Crippen LogP contribution in [0.25, 0.3) is 0 Å². The number of rotatable bonds is 4. The van der Waals surface area contributed by atoms with Gasteiger partial charge in [-0.2, -0.15) is 0 Å². The maximum Gasteiger partial charge on any atom is 0.312 e. The molecule has 0 fully saturated rings. The molecule has 2 heterocycles. The summed E-state index contributed by atoms with van der Waals surface area (Å²) in [4.78, 5) is 24.9. The van der Waals surface area contributed by atoms with E-state index in [1.807, 2.05) is 38.1 Å². The van der Waals surface area contributed by atoms with Gasteiger partial charge in [0.2, 0.25) is 0 Å². The lowest BCUT2D eigenvalue weighted by atomic mass is 9.86. The minimum atomic E-state index is -0.392. The zero-order valence-corrected chi connectivity index (χ0v) is 14.7. The Balaban J connectivity index is 2.14. The van der Waals surface area contributed by atoms with Crippen LogP contribution in [0.4, 0.5) is 0 Å². The summed E-state index contributed by atoms with van der Waals surface area (Å²) in [7, 11) is 1.72. The largest absolute Gasteiger partial charge is 0.489 e. The van der Waals surface area contributed by atoms with E-state index in [2.05, 4.69) is 6.58 Å². The molecule has 130 valence electrons. The molecule has 25 heavy (non-hydrogen) atoms. The number of hydrogen-bond acceptors (Lipinski definition) is 4. The molecule has 0 bridgehead atoms. The molecule has 0 aliphatic carbocycles. The summed E-state index contributed by atoms with van der Waals surface area (Å²) in [5.74, 6) is 0.257. The molecule has 1 aliphatic rings. The number of aryl methyl sites for hydroxylation is 1. The third-order valence-electron chi connectivity index (χ3n) is 4.38. The minimum Gasteiger partial charge on any atom is -0.489 e. The Morgan fingerprint density at radius 2 is 2.08 bits per heavy atom. The van der Waals surface area contributed by atoms with Crippen molar-refractivity contribution < 1.29 is 14.3 Å². The molecule has 0 saturated heterocycles. The van der Waals surface area contributed by atoms with Crippen LogP contribution in [-0.4, -0.2) is 17.1 Å². The molecule has 5 nitrogen and oxygen atoms in total. The standard InChI is InChI=1S/C20H21NO4/c1-12(2)11-24-16-8-6-5-7-14(16)15-10-18(22)25-17-9-13(3)21(4)20(23)19(15)17/h5-9,15H,1,10-11H2,2-4H3/t15-/m0/s1. The zero-order valence-electron chi connectivity index (χ0n) is 14.7. The minimum absolute atomic E-state index is 0.110. The molecule has 0 amide bonds. The summed E-state index contributed by atoms with van der Waals surface area (Å²) in [5, 5.41) is 0. The van der Waals surface area contributed by atoms with Crippen molar-refractivity contribution in [1.29, 1.82) is 0 Å². The van der Waals surface area contributed by atoms with Gasteiger partial charge < -0.3 is 14.0 Å². The number of ether oxygens (including phenoxy) is 2. The first-order chi connectivity index (χ1) is 11.9. The molecule has 1 atom stereocenters. The summed E-state index contributed by atoms with van der Waals surface area (Å²) in [6, 6.07) is 9.21. The molecule has 0 spiro atoms. The highest BCUT2D eigenvalue weighted by Crippen LogP contribution is 2.40. The summed E-state index contributed by atoms with van der Waals surface area (Å²) in [6.45, 7) is 7.92. The first kappa shape index (κ1) is 17.0. The third-order valence-corrected chi connectivity index (χ3v) is 4.38. The number of carbonyl (C=O) groups excluding carboxylic acids is 1. The molecule has 0 N–H and O–H groups in total. The molecular weight excluding hydrogens is 318 g/mol. The van der Waals surface area contributed by atoms with Crippen LogP contribution >= 0.6 is 0 Å². The molecule has 2 aromatic rings. The number of aromatic nitrogens is 1. The summed E-state index contributed by atoms with van der Waals surface area (Å²) < 4.78 is 12.7. The Bertz CT molecular complexity index is 910. The van der Waals surface area contributed by atoms with Gasteiger partial charge in [-0.15, -0.1) is 0 Å². The van der Waals surface area contributed by atoms with E-state index in [-0.39, 0.29) is 17.9 Å². The number of fused-ring (bicyclic) bond motifs is 1. The Hall–Kier alpha value is -2.82. The van der Waals surface area contributed by atoms with E-state index in [4.69, 9.17) is 9.47 Å². The van der Waals surface area contributed by atoms with Gasteiger partial charge in [0.15, 0.2) is 0 Å². The highest BCUT2D eigenvalue weighted by molar-refractivity contribution is 5.78. The second-order valence-electron chi connectivity index (χ2n) is 6.44. The second-order valence-corrected chi connectivity index (χ2v) is 6.44. The van der Waals surface area contributed by atoms with Crippen molar-refractivity contribution in [3.63, 3.8) is 0 Å². The van der Waals surface area contributed by atoms with Gasteiger partial charge in [0.1, 0.15) is 18.1 Å². The number of carbonyl (C=O) groups is 1. The van der Waals surface area contributed by atoms with Gasteiger partial charge in [0, 0.05) is 30.3 Å². The smallest absolute Gasteiger partial charge is 0.312 e. The number of benzene rings is 1. The van der Waals surface area contributed by atoms with Crippen molar-refractivity contribution in [2.45, 2.75) is 26.2 Å². The zero-order chi connectivity index (χ0) is 18.1. The first-order valence-corrected chi connectivity index (χ1v) is 8.15. The van der Waals surface area contributed by atoms with E-state index in [0.717, 1.165) is 16.8 Å². The van der Waals surface area contributed by atoms with Gasteiger partial charge in [-0.1, -0.05) is 24.8 Å². The van der Waals surface area contributed by atoms with Gasteiger partial charge in [-0.05, 0) is 25.5 Å². The quantitative estimate of drug-likeness (QED) is 0.634. The van der Waals surface area contributed by atoms with E-state index in [1.54, 1.807) is 17.7 Å². The molecule has 5 heteroatoms. The topological polar surface area (TPSA) is 57.5 Å². The van der Waals surface area contributed by atoms with E-state index < -0.39 is 5.92 Å². The van der Waals surface area contributed by atoms with Crippen molar-refractivity contribution in [1.82, 2.24) is 4.57 Å². The monoisotopic (exact) mass is 339 g/mol. The van der Waals surface area contributed by atoms with Crippen LogP contribution in [0.2, 0.25) is 0 Å². The molecule has 0 saturated carbocycles. The molecule has 1 aliphatic heterocycles. The molecular formula is C20H21NO4. The van der Waals surface area contributed by atoms with Crippen LogP contribution in [0.15, 0.2) is 47.3 Å². The normalized spacial score (nSPS) is 16.1. The van der Waals surface area contributed by atoms with Crippen LogP contribution in [0.3, 0.4) is 0 Å². The predicted molar refractivity (Wildman–Crippen MR) is 95.3 cm³/mol. The number of esters is 1. The fourth-order valence-electron chi connectivity index (χ4n) is 3.02. The maximum atomic E-state index is 12.8. The highest BCUT2D eigenvalue weighted by atomic mass is 16.5. The summed E-state index contributed by atoms with van der Waals surface area (Å²) in [6.07, 6.45) is 0.110. The van der Waals surface area contributed by atoms with Gasteiger partial charge in [0.05, 0.1) is 12.0 Å². The first-order valence-electron chi connectivity index (χ1n) is 8.15. The van der Waals surface area contributed by atoms with Gasteiger partial charge >= 0.3 is 5.97 Å². The van der Waals surface area contributed by atoms with Crippen molar-refractivity contribution in [2.75, 3.05) is 6.61 Å². The molecule has 0 radical (unpaired) electrons. The van der Waals surface area contributed by atoms with Gasteiger partial charge in [-0.3, -0.25) is 9.59 Å². The maximum absolute atomic E-state index is 12.8. The van der Waals surface area contributed by atoms with Crippen LogP contribution in [0.5, 0.6) is 11.5 Å². The lowest BCUT2D eigenvalue weighted by Gasteiger charge is -2.26. The van der Waals surface area contributed by atoms with Crippen LogP contribution in [0.1, 0.15) is 36.1 Å². The summed E-state index contributed by atoms with van der Waals surface area (Å²) >= 11 is 0. The van der Waals surface area contributed by atoms with Gasteiger partial charge in [-0.25, -0.2) is 0 Å². The Kier molecular flexibility index (Phi) is 4.49. The van der Waals surface area contributed by atoms with Crippen molar-refractivity contribution in [3.05, 3.63) is 69.7 Å². The highest BCUT2D eigenvalue weighted by Gasteiger charge is 2.33. The van der Waals surface area contributed by atoms with Crippen LogP contribution in [-0.2, 0) is 11.8 Å². The second kappa shape index (κ2) is 6.59. The van der Waals surface area contributed by atoms with Crippen molar-refractivity contribution >= 4 is 5.97 Å². The van der Waals surface area contributed by atoms with E-state index in [0.29, 0.717) is 23.7 Å². The van der Waals surface area contributed by atoms with E-state index >= 15 is 0 Å². The Labute approximate surface area is 146 Å². The number of nitrogens with zero attached hydrogens (tertiary/aromatic N) is 1. The van der Waals surface area contributed by atoms with Crippen LogP contribution in [0, 0.1) is 6.92 Å². The number of para-hydroxylation sites is 1. The van der Waals surface area contributed by atoms with Gasteiger partial charge in [0.25, 0.3) is 5.56 Å². The average Bonchev–Trinajstić information content (AvgIpc) is 2.57. The fraction of sp³-hybridized carbons (Fsp3) is 0.300.